The summed E-state index contributed by atoms with van der Waals surface area (Å²) in [6, 6.07) is 12.1. The maximum absolute atomic E-state index is 12.9. The SMILES string of the molecule is CCCN1C(=O)C(C)(C)COc2cc(NC(=O)Nc3ccc(OCC)cc3)ccc21. The van der Waals surface area contributed by atoms with Gasteiger partial charge in [0.1, 0.15) is 18.1 Å². The minimum atomic E-state index is -0.618. The van der Waals surface area contributed by atoms with Crippen molar-refractivity contribution in [2.24, 2.45) is 5.41 Å². The molecule has 0 atom stereocenters. The van der Waals surface area contributed by atoms with Crippen LogP contribution in [0, 0.1) is 5.41 Å². The number of fused-ring (bicyclic) bond motifs is 1. The molecule has 7 heteroatoms. The van der Waals surface area contributed by atoms with Gasteiger partial charge in [-0.1, -0.05) is 6.92 Å². The average Bonchev–Trinajstić information content (AvgIpc) is 2.80. The van der Waals surface area contributed by atoms with Crippen LogP contribution in [0.1, 0.15) is 34.1 Å². The van der Waals surface area contributed by atoms with Crippen LogP contribution in [0.15, 0.2) is 42.5 Å². The van der Waals surface area contributed by atoms with Gasteiger partial charge in [-0.3, -0.25) is 4.79 Å². The van der Waals surface area contributed by atoms with Crippen LogP contribution in [-0.2, 0) is 4.79 Å². The highest BCUT2D eigenvalue weighted by Crippen LogP contribution is 2.38. The van der Waals surface area contributed by atoms with E-state index in [1.807, 2.05) is 33.8 Å². The van der Waals surface area contributed by atoms with Crippen molar-refractivity contribution >= 4 is 29.0 Å². The summed E-state index contributed by atoms with van der Waals surface area (Å²) in [4.78, 5) is 27.1. The van der Waals surface area contributed by atoms with Crippen molar-refractivity contribution in [1.29, 1.82) is 0 Å². The number of ether oxygens (including phenoxy) is 2. The number of benzene rings is 2. The van der Waals surface area contributed by atoms with Gasteiger partial charge in [0, 0.05) is 24.0 Å². The molecule has 1 aliphatic heterocycles. The van der Waals surface area contributed by atoms with Crippen LogP contribution in [0.4, 0.5) is 21.9 Å². The first-order valence-corrected chi connectivity index (χ1v) is 10.2. The molecule has 0 radical (unpaired) electrons. The molecule has 0 saturated heterocycles. The standard InChI is InChI=1S/C23H29N3O4/c1-5-13-26-19-12-9-17(14-20(19)30-15-23(3,4)21(26)27)25-22(28)24-16-7-10-18(11-8-16)29-6-2/h7-12,14H,5-6,13,15H2,1-4H3,(H2,24,25,28). The van der Waals surface area contributed by atoms with Crippen molar-refractivity contribution in [2.45, 2.75) is 34.1 Å². The lowest BCUT2D eigenvalue weighted by Gasteiger charge is -2.27. The van der Waals surface area contributed by atoms with Crippen molar-refractivity contribution in [3.63, 3.8) is 0 Å². The maximum atomic E-state index is 12.9. The fraction of sp³-hybridized carbons (Fsp3) is 0.391. The molecule has 0 unspecified atom stereocenters. The third-order valence-corrected chi connectivity index (χ3v) is 4.79. The zero-order chi connectivity index (χ0) is 21.7. The van der Waals surface area contributed by atoms with E-state index in [4.69, 9.17) is 9.47 Å². The fourth-order valence-electron chi connectivity index (χ4n) is 3.27. The Balaban J connectivity index is 1.73. The number of hydrogen-bond donors (Lipinski definition) is 2. The molecule has 0 bridgehead atoms. The normalized spacial score (nSPS) is 14.9. The molecule has 0 fully saturated rings. The van der Waals surface area contributed by atoms with E-state index in [2.05, 4.69) is 10.6 Å². The number of urea groups is 1. The Labute approximate surface area is 177 Å². The smallest absolute Gasteiger partial charge is 0.323 e. The predicted molar refractivity (Wildman–Crippen MR) is 119 cm³/mol. The first-order valence-electron chi connectivity index (χ1n) is 10.2. The lowest BCUT2D eigenvalue weighted by molar-refractivity contribution is -0.127. The lowest BCUT2D eigenvalue weighted by Crippen LogP contribution is -2.42. The van der Waals surface area contributed by atoms with E-state index in [1.54, 1.807) is 41.3 Å². The van der Waals surface area contributed by atoms with Crippen molar-refractivity contribution in [2.75, 3.05) is 35.3 Å². The summed E-state index contributed by atoms with van der Waals surface area (Å²) in [5, 5.41) is 5.61. The summed E-state index contributed by atoms with van der Waals surface area (Å²) in [7, 11) is 0. The van der Waals surface area contributed by atoms with Gasteiger partial charge in [-0.05, 0) is 63.6 Å². The molecule has 7 nitrogen and oxygen atoms in total. The Hall–Kier alpha value is -3.22. The topological polar surface area (TPSA) is 79.9 Å². The highest BCUT2D eigenvalue weighted by molar-refractivity contribution is 6.02. The molecule has 0 spiro atoms. The molecule has 2 aromatic rings. The minimum absolute atomic E-state index is 0.0389. The number of anilines is 3. The number of nitrogens with zero attached hydrogens (tertiary/aromatic N) is 1. The third-order valence-electron chi connectivity index (χ3n) is 4.79. The number of nitrogens with one attached hydrogen (secondary N) is 2. The molecule has 30 heavy (non-hydrogen) atoms. The van der Waals surface area contributed by atoms with Gasteiger partial charge in [0.25, 0.3) is 0 Å². The van der Waals surface area contributed by atoms with Gasteiger partial charge in [-0.2, -0.15) is 0 Å². The Bertz CT molecular complexity index is 909. The summed E-state index contributed by atoms with van der Waals surface area (Å²) in [5.41, 5.74) is 1.35. The average molecular weight is 412 g/mol. The van der Waals surface area contributed by atoms with Crippen LogP contribution in [0.25, 0.3) is 0 Å². The van der Waals surface area contributed by atoms with Gasteiger partial charge >= 0.3 is 6.03 Å². The van der Waals surface area contributed by atoms with Gasteiger partial charge in [-0.15, -0.1) is 0 Å². The summed E-state index contributed by atoms with van der Waals surface area (Å²) in [6.45, 7) is 9.20. The van der Waals surface area contributed by atoms with Gasteiger partial charge in [0.2, 0.25) is 5.91 Å². The van der Waals surface area contributed by atoms with Crippen LogP contribution >= 0.6 is 0 Å². The van der Waals surface area contributed by atoms with Gasteiger partial charge in [0.05, 0.1) is 17.7 Å². The Morgan fingerprint density at radius 1 is 1.10 bits per heavy atom. The number of carbonyl (C=O) groups is 2. The monoisotopic (exact) mass is 411 g/mol. The largest absolute Gasteiger partial charge is 0.494 e. The fourth-order valence-corrected chi connectivity index (χ4v) is 3.27. The molecule has 160 valence electrons. The predicted octanol–water partition coefficient (Wildman–Crippen LogP) is 4.89. The number of carbonyl (C=O) groups excluding carboxylic acids is 2. The van der Waals surface area contributed by atoms with E-state index in [0.717, 1.165) is 17.9 Å². The molecular weight excluding hydrogens is 382 g/mol. The maximum Gasteiger partial charge on any atom is 0.323 e. The molecule has 2 N–H and O–H groups in total. The second-order valence-electron chi connectivity index (χ2n) is 7.85. The Morgan fingerprint density at radius 2 is 1.77 bits per heavy atom. The quantitative estimate of drug-likeness (QED) is 0.709. The molecule has 1 aliphatic rings. The third kappa shape index (κ3) is 4.84. The summed E-state index contributed by atoms with van der Waals surface area (Å²) < 4.78 is 11.3. The second-order valence-corrected chi connectivity index (χ2v) is 7.85. The van der Waals surface area contributed by atoms with Gasteiger partial charge < -0.3 is 25.0 Å². The molecule has 0 saturated carbocycles. The Morgan fingerprint density at radius 3 is 2.43 bits per heavy atom. The number of hydrogen-bond acceptors (Lipinski definition) is 4. The first-order chi connectivity index (χ1) is 14.3. The first kappa shape index (κ1) is 21.5. The molecule has 0 aromatic heterocycles. The van der Waals surface area contributed by atoms with Crippen LogP contribution in [0.3, 0.4) is 0 Å². The van der Waals surface area contributed by atoms with Crippen LogP contribution < -0.4 is 25.0 Å². The van der Waals surface area contributed by atoms with E-state index >= 15 is 0 Å². The second kappa shape index (κ2) is 9.07. The zero-order valence-corrected chi connectivity index (χ0v) is 18.0. The van der Waals surface area contributed by atoms with Crippen molar-refractivity contribution in [3.05, 3.63) is 42.5 Å². The van der Waals surface area contributed by atoms with E-state index in [9.17, 15) is 9.59 Å². The highest BCUT2D eigenvalue weighted by atomic mass is 16.5. The lowest BCUT2D eigenvalue weighted by atomic mass is 9.93. The summed E-state index contributed by atoms with van der Waals surface area (Å²) >= 11 is 0. The van der Waals surface area contributed by atoms with Crippen molar-refractivity contribution in [1.82, 2.24) is 0 Å². The molecule has 3 amide bonds. The molecule has 1 heterocycles. The summed E-state index contributed by atoms with van der Waals surface area (Å²) in [5.74, 6) is 1.37. The zero-order valence-electron chi connectivity index (χ0n) is 18.0. The van der Waals surface area contributed by atoms with E-state index < -0.39 is 5.41 Å². The molecular formula is C23H29N3O4. The van der Waals surface area contributed by atoms with Crippen LogP contribution in [-0.4, -0.2) is 31.7 Å². The number of amides is 3. The molecule has 0 aliphatic carbocycles. The summed E-state index contributed by atoms with van der Waals surface area (Å²) in [6.07, 6.45) is 0.839. The van der Waals surface area contributed by atoms with Gasteiger partial charge in [0.15, 0.2) is 0 Å². The van der Waals surface area contributed by atoms with Crippen molar-refractivity contribution in [3.8, 4) is 11.5 Å². The van der Waals surface area contributed by atoms with Gasteiger partial charge in [-0.25, -0.2) is 4.79 Å². The van der Waals surface area contributed by atoms with Crippen LogP contribution in [0.5, 0.6) is 11.5 Å². The molecule has 2 aromatic carbocycles. The highest BCUT2D eigenvalue weighted by Gasteiger charge is 2.37. The van der Waals surface area contributed by atoms with E-state index in [-0.39, 0.29) is 18.5 Å². The van der Waals surface area contributed by atoms with E-state index in [1.165, 1.54) is 0 Å². The minimum Gasteiger partial charge on any atom is -0.494 e. The number of rotatable bonds is 6. The Kier molecular flexibility index (Phi) is 6.50. The van der Waals surface area contributed by atoms with E-state index in [0.29, 0.717) is 30.3 Å². The molecule has 3 rings (SSSR count). The van der Waals surface area contributed by atoms with Crippen molar-refractivity contribution < 1.29 is 19.1 Å². The van der Waals surface area contributed by atoms with Crippen LogP contribution in [0.2, 0.25) is 0 Å².